The van der Waals surface area contributed by atoms with E-state index < -0.39 is 0 Å². The van der Waals surface area contributed by atoms with Crippen LogP contribution < -0.4 is 0 Å². The van der Waals surface area contributed by atoms with Gasteiger partial charge in [0.05, 0.1) is 22.2 Å². The zero-order chi connectivity index (χ0) is 40.3. The molecule has 0 aliphatic carbocycles. The van der Waals surface area contributed by atoms with Gasteiger partial charge in [0.1, 0.15) is 0 Å². The third-order valence-corrected chi connectivity index (χ3v) is 12.2. The second-order valence-corrected chi connectivity index (χ2v) is 15.8. The summed E-state index contributed by atoms with van der Waals surface area (Å²) in [4.78, 5) is 10.6. The van der Waals surface area contributed by atoms with Gasteiger partial charge in [0.15, 0.2) is 0 Å². The molecule has 0 atom stereocenters. The number of rotatable bonds is 6. The van der Waals surface area contributed by atoms with Crippen molar-refractivity contribution in [3.05, 3.63) is 224 Å². The van der Waals surface area contributed by atoms with Gasteiger partial charge >= 0.3 is 0 Å². The highest BCUT2D eigenvalue weighted by atomic mass is 15.2. The van der Waals surface area contributed by atoms with Crippen LogP contribution in [0.1, 0.15) is 0 Å². The molecule has 0 N–H and O–H groups in total. The van der Waals surface area contributed by atoms with E-state index in [2.05, 4.69) is 229 Å². The maximum Gasteiger partial charge on any atom is 0.235 e. The Balaban J connectivity index is 0.960. The summed E-state index contributed by atoms with van der Waals surface area (Å²) in [5.41, 5.74) is 14.6. The molecule has 0 aliphatic rings. The molecular weight excluding hydrogens is 739 g/mol. The van der Waals surface area contributed by atoms with E-state index in [9.17, 15) is 0 Å². The van der Waals surface area contributed by atoms with Crippen LogP contribution in [-0.4, -0.2) is 14.5 Å². The first-order chi connectivity index (χ1) is 30.2. The maximum absolute atomic E-state index is 5.42. The monoisotopic (exact) mass is 775 g/mol. The molecule has 3 nitrogen and oxygen atoms in total. The molecule has 12 aromatic rings. The predicted octanol–water partition coefficient (Wildman–Crippen LogP) is 15.4. The smallest absolute Gasteiger partial charge is 0.235 e. The van der Waals surface area contributed by atoms with Gasteiger partial charge in [-0.05, 0) is 96.4 Å². The minimum atomic E-state index is 0.652. The molecule has 284 valence electrons. The molecule has 0 unspecified atom stereocenters. The van der Waals surface area contributed by atoms with Crippen molar-refractivity contribution in [1.82, 2.24) is 14.5 Å². The third-order valence-electron chi connectivity index (χ3n) is 12.2. The van der Waals surface area contributed by atoms with Gasteiger partial charge in [-0.15, -0.1) is 0 Å². The normalized spacial score (nSPS) is 11.6. The van der Waals surface area contributed by atoms with Crippen molar-refractivity contribution in [2.75, 3.05) is 0 Å². The summed E-state index contributed by atoms with van der Waals surface area (Å²) in [5.74, 6) is 0.652. The lowest BCUT2D eigenvalue weighted by Crippen LogP contribution is -2.03. The van der Waals surface area contributed by atoms with Gasteiger partial charge in [-0.25, -0.2) is 9.97 Å². The van der Waals surface area contributed by atoms with E-state index in [1.807, 2.05) is 0 Å². The van der Waals surface area contributed by atoms with Gasteiger partial charge in [0.25, 0.3) is 0 Å². The highest BCUT2D eigenvalue weighted by Crippen LogP contribution is 2.40. The second-order valence-electron chi connectivity index (χ2n) is 15.8. The summed E-state index contributed by atoms with van der Waals surface area (Å²) >= 11 is 0. The van der Waals surface area contributed by atoms with Crippen molar-refractivity contribution in [3.8, 4) is 61.7 Å². The molecule has 61 heavy (non-hydrogen) atoms. The first-order valence-electron chi connectivity index (χ1n) is 20.8. The Bertz CT molecular complexity index is 3620. The molecule has 10 aromatic carbocycles. The molecule has 0 amide bonds. The van der Waals surface area contributed by atoms with E-state index in [0.717, 1.165) is 38.8 Å². The van der Waals surface area contributed by atoms with E-state index in [4.69, 9.17) is 9.97 Å². The summed E-state index contributed by atoms with van der Waals surface area (Å²) in [6.45, 7) is 0. The molecule has 2 aromatic heterocycles. The number of hydrogen-bond acceptors (Lipinski definition) is 2. The van der Waals surface area contributed by atoms with Crippen molar-refractivity contribution in [2.45, 2.75) is 0 Å². The van der Waals surface area contributed by atoms with Crippen LogP contribution in [0.3, 0.4) is 0 Å². The first kappa shape index (κ1) is 34.9. The zero-order valence-electron chi connectivity index (χ0n) is 33.2. The quantitative estimate of drug-likeness (QED) is 0.168. The van der Waals surface area contributed by atoms with Crippen molar-refractivity contribution < 1.29 is 0 Å². The van der Waals surface area contributed by atoms with Crippen LogP contribution in [-0.2, 0) is 0 Å². The van der Waals surface area contributed by atoms with Crippen molar-refractivity contribution >= 4 is 54.3 Å². The van der Waals surface area contributed by atoms with E-state index >= 15 is 0 Å². The van der Waals surface area contributed by atoms with Gasteiger partial charge in [-0.3, -0.25) is 4.57 Å². The molecule has 0 fully saturated rings. The minimum Gasteiger partial charge on any atom is -0.278 e. The molecule has 0 saturated carbocycles. The van der Waals surface area contributed by atoms with Gasteiger partial charge in [-0.1, -0.05) is 194 Å². The van der Waals surface area contributed by atoms with E-state index in [1.165, 1.54) is 71.3 Å². The Kier molecular flexibility index (Phi) is 8.17. The second kappa shape index (κ2) is 14.3. The van der Waals surface area contributed by atoms with Crippen molar-refractivity contribution in [2.24, 2.45) is 0 Å². The number of aromatic nitrogens is 3. The topological polar surface area (TPSA) is 30.7 Å². The highest BCUT2D eigenvalue weighted by molar-refractivity contribution is 6.11. The molecular formula is C58H37N3. The molecule has 3 heteroatoms. The van der Waals surface area contributed by atoms with Gasteiger partial charge in [0.2, 0.25) is 5.95 Å². The predicted molar refractivity (Wildman–Crippen MR) is 256 cm³/mol. The Morgan fingerprint density at radius 2 is 0.836 bits per heavy atom. The summed E-state index contributed by atoms with van der Waals surface area (Å²) in [5, 5.41) is 8.30. The number of fused-ring (bicyclic) bond motifs is 6. The van der Waals surface area contributed by atoms with Crippen LogP contribution in [0.4, 0.5) is 0 Å². The third kappa shape index (κ3) is 5.98. The van der Waals surface area contributed by atoms with Crippen molar-refractivity contribution in [3.63, 3.8) is 0 Å². The maximum atomic E-state index is 5.42. The molecule has 12 rings (SSSR count). The molecule has 0 bridgehead atoms. The number of para-hydroxylation sites is 2. The van der Waals surface area contributed by atoms with Gasteiger partial charge in [-0.2, -0.15) is 0 Å². The average Bonchev–Trinajstić information content (AvgIpc) is 3.67. The van der Waals surface area contributed by atoms with Gasteiger partial charge < -0.3 is 0 Å². The summed E-state index contributed by atoms with van der Waals surface area (Å²) in [7, 11) is 0. The van der Waals surface area contributed by atoms with Gasteiger partial charge in [0, 0.05) is 21.7 Å². The van der Waals surface area contributed by atoms with Crippen LogP contribution in [0.5, 0.6) is 0 Å². The molecule has 2 heterocycles. The van der Waals surface area contributed by atoms with E-state index in [1.54, 1.807) is 0 Å². The number of nitrogens with zero attached hydrogens (tertiary/aromatic N) is 3. The van der Waals surface area contributed by atoms with Crippen molar-refractivity contribution in [1.29, 1.82) is 0 Å². The zero-order valence-corrected chi connectivity index (χ0v) is 33.2. The summed E-state index contributed by atoms with van der Waals surface area (Å²) < 4.78 is 2.23. The molecule has 0 aliphatic heterocycles. The standard InChI is InChI=1S/C58H37N3/c1-2-12-38(13-3-1)40-24-27-41(28-25-40)48-20-10-16-43-17-11-21-49(56(43)48)42-29-31-44(32-30-42)57-51-19-6-8-22-53(51)59-58(60-57)61-54-23-9-7-18-50(54)52-37-47(34-35-55(52)61)46-33-26-39-14-4-5-15-45(39)36-46/h1-37H. The lowest BCUT2D eigenvalue weighted by Gasteiger charge is -2.14. The van der Waals surface area contributed by atoms with Crippen LogP contribution >= 0.6 is 0 Å². The largest absolute Gasteiger partial charge is 0.278 e. The lowest BCUT2D eigenvalue weighted by atomic mass is 9.90. The molecule has 0 radical (unpaired) electrons. The highest BCUT2D eigenvalue weighted by Gasteiger charge is 2.19. The van der Waals surface area contributed by atoms with Crippen LogP contribution in [0.15, 0.2) is 224 Å². The SMILES string of the molecule is c1ccc(-c2ccc(-c3cccc4cccc(-c5ccc(-c6nc(-n7c8ccccc8c8cc(-c9ccc%10ccccc%10c9)ccc87)nc7ccccc67)cc5)c34)cc2)cc1. The fraction of sp³-hybridized carbons (Fsp3) is 0. The minimum absolute atomic E-state index is 0.652. The lowest BCUT2D eigenvalue weighted by molar-refractivity contribution is 1.01. The average molecular weight is 776 g/mol. The van der Waals surface area contributed by atoms with Crippen LogP contribution in [0, 0.1) is 0 Å². The number of hydrogen-bond donors (Lipinski definition) is 0. The van der Waals surface area contributed by atoms with Crippen LogP contribution in [0.2, 0.25) is 0 Å². The van der Waals surface area contributed by atoms with E-state index in [-0.39, 0.29) is 0 Å². The summed E-state index contributed by atoms with van der Waals surface area (Å²) in [6.07, 6.45) is 0. The Morgan fingerprint density at radius 1 is 0.295 bits per heavy atom. The molecule has 0 spiro atoms. The Labute approximate surface area is 353 Å². The van der Waals surface area contributed by atoms with E-state index in [0.29, 0.717) is 5.95 Å². The first-order valence-corrected chi connectivity index (χ1v) is 20.8. The summed E-state index contributed by atoms with van der Waals surface area (Å²) in [6, 6.07) is 80.6. The molecule has 0 saturated heterocycles. The Hall–Kier alpha value is -8.14. The fourth-order valence-electron chi connectivity index (χ4n) is 9.22. The van der Waals surface area contributed by atoms with Crippen LogP contribution in [0.25, 0.3) is 116 Å². The fourth-order valence-corrected chi connectivity index (χ4v) is 9.22. The Morgan fingerprint density at radius 3 is 1.61 bits per heavy atom. The number of benzene rings is 10.